The zero-order valence-electron chi connectivity index (χ0n) is 10.4. The predicted octanol–water partition coefficient (Wildman–Crippen LogP) is 2.33. The molecule has 1 amide bonds. The summed E-state index contributed by atoms with van der Waals surface area (Å²) in [7, 11) is 0. The molecule has 1 N–H and O–H groups in total. The van der Waals surface area contributed by atoms with Crippen molar-refractivity contribution >= 4 is 22.4 Å². The molecule has 1 aromatic rings. The van der Waals surface area contributed by atoms with Gasteiger partial charge in [0.05, 0.1) is 0 Å². The highest BCUT2D eigenvalue weighted by Crippen LogP contribution is 2.22. The van der Waals surface area contributed by atoms with E-state index in [4.69, 9.17) is 0 Å². The van der Waals surface area contributed by atoms with E-state index in [1.807, 2.05) is 6.20 Å². The molecule has 17 heavy (non-hydrogen) atoms. The van der Waals surface area contributed by atoms with Gasteiger partial charge in [-0.2, -0.15) is 0 Å². The van der Waals surface area contributed by atoms with Gasteiger partial charge < -0.3 is 5.32 Å². The van der Waals surface area contributed by atoms with Gasteiger partial charge in [0, 0.05) is 24.5 Å². The van der Waals surface area contributed by atoms with E-state index < -0.39 is 0 Å². The third kappa shape index (κ3) is 3.78. The normalized spacial score (nSPS) is 18.2. The van der Waals surface area contributed by atoms with Gasteiger partial charge in [-0.05, 0) is 31.8 Å². The molecule has 4 nitrogen and oxygen atoms in total. The summed E-state index contributed by atoms with van der Waals surface area (Å²) in [6.45, 7) is 7.14. The molecule has 0 aromatic carbocycles. The number of thiazole rings is 1. The minimum Gasteiger partial charge on any atom is -0.302 e. The average molecular weight is 253 g/mol. The molecule has 0 atom stereocenters. The van der Waals surface area contributed by atoms with Gasteiger partial charge in [0.15, 0.2) is 5.13 Å². The van der Waals surface area contributed by atoms with Crippen molar-refractivity contribution in [2.75, 3.05) is 18.4 Å². The number of hydrogen-bond acceptors (Lipinski definition) is 4. The molecule has 5 heteroatoms. The second-order valence-electron chi connectivity index (χ2n) is 4.77. The lowest BCUT2D eigenvalue weighted by Gasteiger charge is -2.29. The highest BCUT2D eigenvalue weighted by atomic mass is 32.1. The molecular formula is C12H19N3OS. The zero-order chi connectivity index (χ0) is 12.3. The van der Waals surface area contributed by atoms with Gasteiger partial charge >= 0.3 is 0 Å². The summed E-state index contributed by atoms with van der Waals surface area (Å²) in [6.07, 6.45) is 4.45. The van der Waals surface area contributed by atoms with Crippen molar-refractivity contribution in [3.8, 4) is 0 Å². The van der Waals surface area contributed by atoms with Crippen LogP contribution in [0.4, 0.5) is 5.13 Å². The van der Waals surface area contributed by atoms with Crippen LogP contribution < -0.4 is 5.32 Å². The van der Waals surface area contributed by atoms with Crippen LogP contribution in [0.25, 0.3) is 0 Å². The maximum atomic E-state index is 10.9. The Balaban J connectivity index is 1.86. The van der Waals surface area contributed by atoms with E-state index in [0.29, 0.717) is 5.13 Å². The Bertz CT molecular complexity index is 383. The molecule has 2 rings (SSSR count). The molecule has 1 aliphatic heterocycles. The number of piperidine rings is 1. The molecule has 0 saturated carbocycles. The first-order chi connectivity index (χ1) is 8.13. The highest BCUT2D eigenvalue weighted by molar-refractivity contribution is 7.15. The molecule has 0 unspecified atom stereocenters. The molecule has 1 aliphatic rings. The van der Waals surface area contributed by atoms with Crippen molar-refractivity contribution in [3.05, 3.63) is 11.1 Å². The Morgan fingerprint density at radius 1 is 1.59 bits per heavy atom. The Morgan fingerprint density at radius 2 is 2.29 bits per heavy atom. The minimum absolute atomic E-state index is 0.0577. The number of rotatable bonds is 3. The Hall–Kier alpha value is -0.940. The topological polar surface area (TPSA) is 45.2 Å². The van der Waals surface area contributed by atoms with Gasteiger partial charge in [-0.25, -0.2) is 4.98 Å². The third-order valence-electron chi connectivity index (χ3n) is 3.09. The van der Waals surface area contributed by atoms with E-state index in [1.54, 1.807) is 11.3 Å². The quantitative estimate of drug-likeness (QED) is 0.899. The van der Waals surface area contributed by atoms with Crippen LogP contribution in [0.15, 0.2) is 6.20 Å². The van der Waals surface area contributed by atoms with Crippen LogP contribution in [0.2, 0.25) is 0 Å². The maximum absolute atomic E-state index is 10.9. The summed E-state index contributed by atoms with van der Waals surface area (Å²) >= 11 is 1.57. The fourth-order valence-corrected chi connectivity index (χ4v) is 2.93. The fourth-order valence-electron chi connectivity index (χ4n) is 2.03. The SMILES string of the molecule is CC(=O)Nc1ncc(CN2CCC(C)CC2)s1. The molecule has 0 aliphatic carbocycles. The molecule has 1 fully saturated rings. The van der Waals surface area contributed by atoms with E-state index >= 15 is 0 Å². The summed E-state index contributed by atoms with van der Waals surface area (Å²) in [5.41, 5.74) is 0. The van der Waals surface area contributed by atoms with Crippen molar-refractivity contribution in [3.63, 3.8) is 0 Å². The maximum Gasteiger partial charge on any atom is 0.223 e. The zero-order valence-corrected chi connectivity index (χ0v) is 11.2. The Labute approximate surface area is 106 Å². The first-order valence-electron chi connectivity index (χ1n) is 6.08. The summed E-state index contributed by atoms with van der Waals surface area (Å²) in [4.78, 5) is 18.8. The number of aromatic nitrogens is 1. The van der Waals surface area contributed by atoms with Crippen molar-refractivity contribution in [1.29, 1.82) is 0 Å². The lowest BCUT2D eigenvalue weighted by atomic mass is 9.99. The first-order valence-corrected chi connectivity index (χ1v) is 6.90. The molecule has 0 spiro atoms. The van der Waals surface area contributed by atoms with Crippen LogP contribution in [-0.2, 0) is 11.3 Å². The summed E-state index contributed by atoms with van der Waals surface area (Å²) < 4.78 is 0. The molecule has 2 heterocycles. The van der Waals surface area contributed by atoms with Crippen LogP contribution >= 0.6 is 11.3 Å². The smallest absolute Gasteiger partial charge is 0.223 e. The van der Waals surface area contributed by atoms with Crippen LogP contribution in [0.1, 0.15) is 31.6 Å². The lowest BCUT2D eigenvalue weighted by molar-refractivity contribution is -0.114. The second-order valence-corrected chi connectivity index (χ2v) is 5.89. The van der Waals surface area contributed by atoms with E-state index in [2.05, 4.69) is 22.1 Å². The van der Waals surface area contributed by atoms with Crippen molar-refractivity contribution < 1.29 is 4.79 Å². The first kappa shape index (κ1) is 12.5. The number of carbonyl (C=O) groups is 1. The number of hydrogen-bond donors (Lipinski definition) is 1. The molecule has 94 valence electrons. The second kappa shape index (κ2) is 5.60. The van der Waals surface area contributed by atoms with Crippen LogP contribution in [0.5, 0.6) is 0 Å². The highest BCUT2D eigenvalue weighted by Gasteiger charge is 2.16. The standard InChI is InChI=1S/C12H19N3OS/c1-9-3-5-15(6-4-9)8-11-7-13-12(17-11)14-10(2)16/h7,9H,3-6,8H2,1-2H3,(H,13,14,16). The lowest BCUT2D eigenvalue weighted by Crippen LogP contribution is -2.32. The van der Waals surface area contributed by atoms with Gasteiger partial charge in [-0.1, -0.05) is 6.92 Å². The van der Waals surface area contributed by atoms with Crippen molar-refractivity contribution in [2.45, 2.75) is 33.2 Å². The monoisotopic (exact) mass is 253 g/mol. The van der Waals surface area contributed by atoms with Crippen LogP contribution in [0, 0.1) is 5.92 Å². The summed E-state index contributed by atoms with van der Waals surface area (Å²) in [5.74, 6) is 0.806. The van der Waals surface area contributed by atoms with Crippen molar-refractivity contribution in [1.82, 2.24) is 9.88 Å². The van der Waals surface area contributed by atoms with Gasteiger partial charge in [0.25, 0.3) is 0 Å². The van der Waals surface area contributed by atoms with E-state index in [-0.39, 0.29) is 5.91 Å². The largest absolute Gasteiger partial charge is 0.302 e. The Morgan fingerprint density at radius 3 is 2.94 bits per heavy atom. The number of amides is 1. The number of anilines is 1. The van der Waals surface area contributed by atoms with Crippen LogP contribution in [-0.4, -0.2) is 28.9 Å². The molecule has 1 saturated heterocycles. The predicted molar refractivity (Wildman–Crippen MR) is 70.1 cm³/mol. The van der Waals surface area contributed by atoms with Crippen molar-refractivity contribution in [2.24, 2.45) is 5.92 Å². The number of nitrogens with zero attached hydrogens (tertiary/aromatic N) is 2. The van der Waals surface area contributed by atoms with Gasteiger partial charge in [0.1, 0.15) is 0 Å². The third-order valence-corrected chi connectivity index (χ3v) is 3.99. The molecular weight excluding hydrogens is 234 g/mol. The summed E-state index contributed by atoms with van der Waals surface area (Å²) in [6, 6.07) is 0. The fraction of sp³-hybridized carbons (Fsp3) is 0.667. The van der Waals surface area contributed by atoms with Gasteiger partial charge in [0.2, 0.25) is 5.91 Å². The number of nitrogens with one attached hydrogen (secondary N) is 1. The number of carbonyl (C=O) groups excluding carboxylic acids is 1. The number of likely N-dealkylation sites (tertiary alicyclic amines) is 1. The minimum atomic E-state index is -0.0577. The summed E-state index contributed by atoms with van der Waals surface area (Å²) in [5, 5.41) is 3.43. The van der Waals surface area contributed by atoms with Crippen LogP contribution in [0.3, 0.4) is 0 Å². The molecule has 0 radical (unpaired) electrons. The molecule has 1 aromatic heterocycles. The van der Waals surface area contributed by atoms with Gasteiger partial charge in [-0.15, -0.1) is 11.3 Å². The molecule has 0 bridgehead atoms. The van der Waals surface area contributed by atoms with E-state index in [9.17, 15) is 4.79 Å². The van der Waals surface area contributed by atoms with Gasteiger partial charge in [-0.3, -0.25) is 9.69 Å². The average Bonchev–Trinajstić information content (AvgIpc) is 2.68. The van der Waals surface area contributed by atoms with E-state index in [0.717, 1.165) is 12.5 Å². The Kier molecular flexibility index (Phi) is 4.12. The van der Waals surface area contributed by atoms with E-state index in [1.165, 1.54) is 37.7 Å².